The highest BCUT2D eigenvalue weighted by molar-refractivity contribution is 7.91. The first-order valence-corrected chi connectivity index (χ1v) is 9.65. The molecule has 0 aromatic heterocycles. The Balaban J connectivity index is 2.14. The lowest BCUT2D eigenvalue weighted by molar-refractivity contribution is -0.144. The van der Waals surface area contributed by atoms with Crippen LogP contribution in [0, 0.1) is 0 Å². The molecule has 1 unspecified atom stereocenters. The van der Waals surface area contributed by atoms with E-state index >= 15 is 0 Å². The summed E-state index contributed by atoms with van der Waals surface area (Å²) in [5, 5.41) is 21.5. The molecule has 0 aliphatic rings. The second-order valence-electron chi connectivity index (χ2n) is 5.96. The van der Waals surface area contributed by atoms with Crippen molar-refractivity contribution in [1.82, 2.24) is 5.48 Å². The average molecular weight is 413 g/mol. The third kappa shape index (κ3) is 5.27. The number of hydrogen-bond acceptors (Lipinski definition) is 6. The minimum absolute atomic E-state index is 0.158. The zero-order chi connectivity index (χ0) is 20.2. The van der Waals surface area contributed by atoms with E-state index in [4.69, 9.17) is 16.8 Å². The average Bonchev–Trinajstić information content (AvgIpc) is 2.60. The molecule has 0 saturated carbocycles. The van der Waals surface area contributed by atoms with Gasteiger partial charge in [-0.1, -0.05) is 17.7 Å². The van der Waals surface area contributed by atoms with Gasteiger partial charge in [0.15, 0.2) is 15.4 Å². The van der Waals surface area contributed by atoms with E-state index in [1.54, 1.807) is 18.2 Å². The number of anilines is 1. The molecule has 1 atom stereocenters. The SMILES string of the molecule is CC(O)(CS(=O)(=O)c1ccc(NC(=O)c2cccc(Cl)c2)cc1)C(=O)NO. The lowest BCUT2D eigenvalue weighted by Gasteiger charge is -2.20. The van der Waals surface area contributed by atoms with Crippen LogP contribution in [-0.2, 0) is 14.6 Å². The maximum Gasteiger partial charge on any atom is 0.276 e. The molecular weight excluding hydrogens is 396 g/mol. The van der Waals surface area contributed by atoms with Crippen LogP contribution in [0.15, 0.2) is 53.4 Å². The van der Waals surface area contributed by atoms with Crippen molar-refractivity contribution in [1.29, 1.82) is 0 Å². The number of halogens is 1. The topological polar surface area (TPSA) is 133 Å². The maximum absolute atomic E-state index is 12.3. The van der Waals surface area contributed by atoms with Crippen molar-refractivity contribution in [2.45, 2.75) is 17.4 Å². The van der Waals surface area contributed by atoms with Crippen molar-refractivity contribution < 1.29 is 28.3 Å². The first-order chi connectivity index (χ1) is 12.5. The highest BCUT2D eigenvalue weighted by atomic mass is 35.5. The summed E-state index contributed by atoms with van der Waals surface area (Å²) in [6.07, 6.45) is 0. The van der Waals surface area contributed by atoms with Gasteiger partial charge in [0.2, 0.25) is 0 Å². The molecule has 10 heteroatoms. The van der Waals surface area contributed by atoms with Crippen molar-refractivity contribution >= 4 is 38.9 Å². The predicted molar refractivity (Wildman–Crippen MR) is 98.5 cm³/mol. The zero-order valence-electron chi connectivity index (χ0n) is 14.1. The fourth-order valence-electron chi connectivity index (χ4n) is 2.22. The van der Waals surface area contributed by atoms with Crippen molar-refractivity contribution in [2.24, 2.45) is 0 Å². The van der Waals surface area contributed by atoms with E-state index < -0.39 is 33.0 Å². The molecule has 8 nitrogen and oxygen atoms in total. The number of carbonyl (C=O) groups excluding carboxylic acids is 2. The monoisotopic (exact) mass is 412 g/mol. The molecule has 2 amide bonds. The van der Waals surface area contributed by atoms with E-state index in [1.165, 1.54) is 35.8 Å². The van der Waals surface area contributed by atoms with Gasteiger partial charge in [-0.05, 0) is 49.4 Å². The van der Waals surface area contributed by atoms with Gasteiger partial charge >= 0.3 is 0 Å². The molecule has 0 radical (unpaired) electrons. The number of hydroxylamine groups is 1. The van der Waals surface area contributed by atoms with Gasteiger partial charge < -0.3 is 10.4 Å². The Hall–Kier alpha value is -2.46. The lowest BCUT2D eigenvalue weighted by Crippen LogP contribution is -2.48. The van der Waals surface area contributed by atoms with Crippen molar-refractivity contribution in [3.8, 4) is 0 Å². The van der Waals surface area contributed by atoms with Gasteiger partial charge in [-0.3, -0.25) is 14.8 Å². The Morgan fingerprint density at radius 1 is 1.15 bits per heavy atom. The van der Waals surface area contributed by atoms with Crippen LogP contribution in [0.1, 0.15) is 17.3 Å². The molecule has 0 fully saturated rings. The van der Waals surface area contributed by atoms with Crippen molar-refractivity contribution in [3.63, 3.8) is 0 Å². The minimum atomic E-state index is -4.03. The predicted octanol–water partition coefficient (Wildman–Crippen LogP) is 1.62. The van der Waals surface area contributed by atoms with E-state index in [-0.39, 0.29) is 4.90 Å². The first-order valence-electron chi connectivity index (χ1n) is 7.62. The molecule has 144 valence electrons. The van der Waals surface area contributed by atoms with Gasteiger partial charge in [0.1, 0.15) is 0 Å². The minimum Gasteiger partial charge on any atom is -0.379 e. The van der Waals surface area contributed by atoms with E-state index in [2.05, 4.69) is 5.32 Å². The Kier molecular flexibility index (Phi) is 6.22. The normalized spacial score (nSPS) is 13.5. The largest absolute Gasteiger partial charge is 0.379 e. The van der Waals surface area contributed by atoms with E-state index in [0.29, 0.717) is 16.3 Å². The molecule has 0 aliphatic heterocycles. The van der Waals surface area contributed by atoms with Gasteiger partial charge in [-0.15, -0.1) is 0 Å². The van der Waals surface area contributed by atoms with Gasteiger partial charge in [0.25, 0.3) is 11.8 Å². The summed E-state index contributed by atoms with van der Waals surface area (Å²) in [5.41, 5.74) is -0.409. The molecule has 0 bridgehead atoms. The summed E-state index contributed by atoms with van der Waals surface area (Å²) in [4.78, 5) is 23.3. The number of rotatable bonds is 6. The molecule has 0 spiro atoms. The van der Waals surface area contributed by atoms with Crippen molar-refractivity contribution in [2.75, 3.05) is 11.1 Å². The molecule has 0 heterocycles. The third-order valence-electron chi connectivity index (χ3n) is 3.62. The summed E-state index contributed by atoms with van der Waals surface area (Å²) >= 11 is 5.84. The van der Waals surface area contributed by atoms with Crippen LogP contribution in [0.25, 0.3) is 0 Å². The smallest absolute Gasteiger partial charge is 0.276 e. The second-order valence-corrected chi connectivity index (χ2v) is 8.39. The fourth-order valence-corrected chi connectivity index (χ4v) is 4.00. The Morgan fingerprint density at radius 3 is 2.33 bits per heavy atom. The first kappa shape index (κ1) is 20.8. The van der Waals surface area contributed by atoms with Gasteiger partial charge in [-0.25, -0.2) is 13.9 Å². The van der Waals surface area contributed by atoms with Crippen LogP contribution in [-0.4, -0.2) is 41.9 Å². The second kappa shape index (κ2) is 8.05. The summed E-state index contributed by atoms with van der Waals surface area (Å²) < 4.78 is 24.7. The van der Waals surface area contributed by atoms with E-state index in [9.17, 15) is 23.1 Å². The van der Waals surface area contributed by atoms with Gasteiger partial charge in [-0.2, -0.15) is 0 Å². The fraction of sp³-hybridized carbons (Fsp3) is 0.176. The molecule has 2 aromatic rings. The highest BCUT2D eigenvalue weighted by Gasteiger charge is 2.36. The number of sulfone groups is 1. The molecule has 4 N–H and O–H groups in total. The Bertz CT molecular complexity index is 958. The standard InChI is InChI=1S/C17H17ClN2O6S/c1-17(23,16(22)20-24)10-27(25,26)14-7-5-13(6-8-14)19-15(21)11-3-2-4-12(18)9-11/h2-9,23-24H,10H2,1H3,(H,19,21)(H,20,22). The van der Waals surface area contributed by atoms with Gasteiger partial charge in [0, 0.05) is 16.3 Å². The molecule has 27 heavy (non-hydrogen) atoms. The lowest BCUT2D eigenvalue weighted by atomic mass is 10.1. The maximum atomic E-state index is 12.3. The Morgan fingerprint density at radius 2 is 1.78 bits per heavy atom. The molecule has 0 aliphatic carbocycles. The summed E-state index contributed by atoms with van der Waals surface area (Å²) in [5.74, 6) is -2.59. The summed E-state index contributed by atoms with van der Waals surface area (Å²) in [6.45, 7) is 0.968. The number of aliphatic hydroxyl groups is 1. The Labute approximate surface area is 160 Å². The number of amides is 2. The van der Waals surface area contributed by atoms with Crippen molar-refractivity contribution in [3.05, 3.63) is 59.1 Å². The van der Waals surface area contributed by atoms with Crippen LogP contribution < -0.4 is 10.8 Å². The zero-order valence-corrected chi connectivity index (χ0v) is 15.7. The van der Waals surface area contributed by atoms with Crippen LogP contribution in [0.4, 0.5) is 5.69 Å². The third-order valence-corrected chi connectivity index (χ3v) is 5.79. The summed E-state index contributed by atoms with van der Waals surface area (Å²) in [7, 11) is -4.03. The van der Waals surface area contributed by atoms with Crippen LogP contribution in [0.5, 0.6) is 0 Å². The van der Waals surface area contributed by atoms with E-state index in [0.717, 1.165) is 6.92 Å². The van der Waals surface area contributed by atoms with E-state index in [1.807, 2.05) is 0 Å². The molecule has 2 rings (SSSR count). The van der Waals surface area contributed by atoms with Crippen LogP contribution in [0.3, 0.4) is 0 Å². The van der Waals surface area contributed by atoms with Crippen LogP contribution in [0.2, 0.25) is 5.02 Å². The number of carbonyl (C=O) groups is 2. The highest BCUT2D eigenvalue weighted by Crippen LogP contribution is 2.20. The van der Waals surface area contributed by atoms with Gasteiger partial charge in [0.05, 0.1) is 10.6 Å². The number of benzene rings is 2. The molecule has 2 aromatic carbocycles. The molecular formula is C17H17ClN2O6S. The molecule has 0 saturated heterocycles. The number of hydrogen-bond donors (Lipinski definition) is 4. The quantitative estimate of drug-likeness (QED) is 0.421. The number of nitrogens with one attached hydrogen (secondary N) is 2. The van der Waals surface area contributed by atoms with Crippen LogP contribution >= 0.6 is 11.6 Å². The summed E-state index contributed by atoms with van der Waals surface area (Å²) in [6, 6.07) is 11.5.